The molecule has 1 aliphatic rings. The van der Waals surface area contributed by atoms with Gasteiger partial charge in [-0.3, -0.25) is 0 Å². The molecule has 1 aliphatic heterocycles. The number of piperidine rings is 1. The van der Waals surface area contributed by atoms with Gasteiger partial charge in [0.1, 0.15) is 22.9 Å². The molecular formula is C20H23NO6. The average Bonchev–Trinajstić information content (AvgIpc) is 2.60. The lowest BCUT2D eigenvalue weighted by Gasteiger charge is -2.33. The molecule has 1 saturated heterocycles. The Bertz CT molecular complexity index is 903. The van der Waals surface area contributed by atoms with Crippen LogP contribution in [0.5, 0.6) is 0 Å². The molecular weight excluding hydrogens is 350 g/mol. The molecule has 3 rings (SSSR count). The third-order valence-electron chi connectivity index (χ3n) is 4.23. The van der Waals surface area contributed by atoms with Gasteiger partial charge in [-0.1, -0.05) is 18.2 Å². The SMILES string of the molecule is CC(C)(C)OC(=O)N1CCC(OC(=O)c2cc3ccccc3oc2=O)CC1. The van der Waals surface area contributed by atoms with E-state index in [0.29, 0.717) is 36.9 Å². The van der Waals surface area contributed by atoms with E-state index in [9.17, 15) is 14.4 Å². The minimum absolute atomic E-state index is 0.122. The van der Waals surface area contributed by atoms with Crippen LogP contribution in [0.1, 0.15) is 44.0 Å². The van der Waals surface area contributed by atoms with Crippen molar-refractivity contribution in [3.8, 4) is 0 Å². The van der Waals surface area contributed by atoms with Crippen LogP contribution < -0.4 is 5.63 Å². The molecule has 1 fully saturated rings. The van der Waals surface area contributed by atoms with Crippen molar-refractivity contribution in [1.29, 1.82) is 0 Å². The molecule has 0 N–H and O–H groups in total. The summed E-state index contributed by atoms with van der Waals surface area (Å²) in [5.41, 5.74) is -0.970. The Hall–Kier alpha value is -2.83. The molecule has 0 aliphatic carbocycles. The largest absolute Gasteiger partial charge is 0.458 e. The highest BCUT2D eigenvalue weighted by molar-refractivity contribution is 5.92. The Kier molecular flexibility index (Phi) is 5.21. The second-order valence-corrected chi connectivity index (χ2v) is 7.56. The molecule has 27 heavy (non-hydrogen) atoms. The molecule has 1 aromatic heterocycles. The van der Waals surface area contributed by atoms with Gasteiger partial charge in [-0.25, -0.2) is 14.4 Å². The lowest BCUT2D eigenvalue weighted by Crippen LogP contribution is -2.44. The minimum Gasteiger partial charge on any atom is -0.458 e. The Morgan fingerprint density at radius 3 is 2.48 bits per heavy atom. The first-order valence-electron chi connectivity index (χ1n) is 8.95. The van der Waals surface area contributed by atoms with Gasteiger partial charge in [0, 0.05) is 31.3 Å². The van der Waals surface area contributed by atoms with Crippen LogP contribution in [0.4, 0.5) is 4.79 Å². The third kappa shape index (κ3) is 4.67. The first-order chi connectivity index (χ1) is 12.7. The van der Waals surface area contributed by atoms with Crippen LogP contribution in [-0.4, -0.2) is 41.8 Å². The standard InChI is InChI=1S/C20H23NO6/c1-20(2,3)27-19(24)21-10-8-14(9-11-21)25-17(22)15-12-13-6-4-5-7-16(13)26-18(15)23/h4-7,12,14H,8-11H2,1-3H3. The number of fused-ring (bicyclic) bond motifs is 1. The van der Waals surface area contributed by atoms with Crippen molar-refractivity contribution >= 4 is 23.0 Å². The monoisotopic (exact) mass is 373 g/mol. The fraction of sp³-hybridized carbons (Fsp3) is 0.450. The van der Waals surface area contributed by atoms with Gasteiger partial charge < -0.3 is 18.8 Å². The molecule has 144 valence electrons. The second kappa shape index (κ2) is 7.42. The number of nitrogens with zero attached hydrogens (tertiary/aromatic N) is 1. The van der Waals surface area contributed by atoms with Crippen molar-refractivity contribution in [2.24, 2.45) is 0 Å². The van der Waals surface area contributed by atoms with Crippen LogP contribution in [0.2, 0.25) is 0 Å². The summed E-state index contributed by atoms with van der Waals surface area (Å²) >= 11 is 0. The molecule has 7 heteroatoms. The number of esters is 1. The number of carbonyl (C=O) groups is 2. The highest BCUT2D eigenvalue weighted by Gasteiger charge is 2.29. The van der Waals surface area contributed by atoms with E-state index in [-0.39, 0.29) is 17.8 Å². The Labute approximate surface area is 156 Å². The Morgan fingerprint density at radius 2 is 1.81 bits per heavy atom. The fourth-order valence-corrected chi connectivity index (χ4v) is 2.90. The van der Waals surface area contributed by atoms with Crippen molar-refractivity contribution in [3.05, 3.63) is 46.3 Å². The molecule has 0 spiro atoms. The summed E-state index contributed by atoms with van der Waals surface area (Å²) in [6, 6.07) is 8.46. The summed E-state index contributed by atoms with van der Waals surface area (Å²) in [7, 11) is 0. The molecule has 1 amide bonds. The van der Waals surface area contributed by atoms with Crippen molar-refractivity contribution in [2.75, 3.05) is 13.1 Å². The van der Waals surface area contributed by atoms with Crippen LogP contribution in [0.25, 0.3) is 11.0 Å². The highest BCUT2D eigenvalue weighted by atomic mass is 16.6. The molecule has 0 bridgehead atoms. The number of para-hydroxylation sites is 1. The van der Waals surface area contributed by atoms with Crippen molar-refractivity contribution in [1.82, 2.24) is 4.90 Å². The van der Waals surface area contributed by atoms with E-state index in [0.717, 1.165) is 0 Å². The first kappa shape index (κ1) is 18.9. The zero-order valence-electron chi connectivity index (χ0n) is 15.7. The van der Waals surface area contributed by atoms with Crippen molar-refractivity contribution < 1.29 is 23.5 Å². The number of benzene rings is 1. The molecule has 0 radical (unpaired) electrons. The summed E-state index contributed by atoms with van der Waals surface area (Å²) < 4.78 is 16.0. The van der Waals surface area contributed by atoms with E-state index in [1.54, 1.807) is 29.2 Å². The van der Waals surface area contributed by atoms with E-state index < -0.39 is 17.2 Å². The van der Waals surface area contributed by atoms with Gasteiger partial charge in [-0.15, -0.1) is 0 Å². The van der Waals surface area contributed by atoms with Gasteiger partial charge >= 0.3 is 17.7 Å². The number of amides is 1. The number of carbonyl (C=O) groups excluding carboxylic acids is 2. The van der Waals surface area contributed by atoms with Gasteiger partial charge in [0.25, 0.3) is 0 Å². The normalized spacial score (nSPS) is 15.6. The van der Waals surface area contributed by atoms with Gasteiger partial charge in [-0.2, -0.15) is 0 Å². The summed E-state index contributed by atoms with van der Waals surface area (Å²) in [6.07, 6.45) is 0.248. The quantitative estimate of drug-likeness (QED) is 0.593. The van der Waals surface area contributed by atoms with E-state index in [1.165, 1.54) is 6.07 Å². The highest BCUT2D eigenvalue weighted by Crippen LogP contribution is 2.19. The van der Waals surface area contributed by atoms with Crippen LogP contribution in [0.15, 0.2) is 39.5 Å². The zero-order valence-corrected chi connectivity index (χ0v) is 15.7. The molecule has 2 heterocycles. The van der Waals surface area contributed by atoms with E-state index in [1.807, 2.05) is 20.8 Å². The average molecular weight is 373 g/mol. The van der Waals surface area contributed by atoms with E-state index in [2.05, 4.69) is 0 Å². The smallest absolute Gasteiger partial charge is 0.410 e. The Balaban J connectivity index is 1.61. The van der Waals surface area contributed by atoms with Gasteiger partial charge in [0.2, 0.25) is 0 Å². The number of hydrogen-bond donors (Lipinski definition) is 0. The minimum atomic E-state index is -0.718. The van der Waals surface area contributed by atoms with Gasteiger partial charge in [0.05, 0.1) is 0 Å². The molecule has 0 unspecified atom stereocenters. The summed E-state index contributed by atoms with van der Waals surface area (Å²) in [5.74, 6) is -0.703. The molecule has 0 atom stereocenters. The fourth-order valence-electron chi connectivity index (χ4n) is 2.90. The maximum Gasteiger partial charge on any atom is 0.410 e. The number of rotatable bonds is 2. The number of ether oxygens (including phenoxy) is 2. The van der Waals surface area contributed by atoms with Crippen LogP contribution in [0, 0.1) is 0 Å². The molecule has 7 nitrogen and oxygen atoms in total. The van der Waals surface area contributed by atoms with Crippen LogP contribution >= 0.6 is 0 Å². The second-order valence-electron chi connectivity index (χ2n) is 7.56. The predicted molar refractivity (Wildman–Crippen MR) is 98.7 cm³/mol. The molecule has 0 saturated carbocycles. The summed E-state index contributed by atoms with van der Waals surface area (Å²) in [5, 5.41) is 0.656. The topological polar surface area (TPSA) is 86.0 Å². The molecule has 2 aromatic rings. The third-order valence-corrected chi connectivity index (χ3v) is 4.23. The van der Waals surface area contributed by atoms with E-state index in [4.69, 9.17) is 13.9 Å². The Morgan fingerprint density at radius 1 is 1.15 bits per heavy atom. The maximum atomic E-state index is 12.4. The van der Waals surface area contributed by atoms with Crippen molar-refractivity contribution in [3.63, 3.8) is 0 Å². The lowest BCUT2D eigenvalue weighted by atomic mass is 10.1. The van der Waals surface area contributed by atoms with E-state index >= 15 is 0 Å². The predicted octanol–water partition coefficient (Wildman–Crippen LogP) is 3.35. The summed E-state index contributed by atoms with van der Waals surface area (Å²) in [6.45, 7) is 6.30. The summed E-state index contributed by atoms with van der Waals surface area (Å²) in [4.78, 5) is 38.1. The first-order valence-corrected chi connectivity index (χ1v) is 8.95. The van der Waals surface area contributed by atoms with Crippen LogP contribution in [-0.2, 0) is 9.47 Å². The lowest BCUT2D eigenvalue weighted by molar-refractivity contribution is -0.00357. The maximum absolute atomic E-state index is 12.4. The number of likely N-dealkylation sites (tertiary alicyclic amines) is 1. The van der Waals surface area contributed by atoms with Crippen LogP contribution in [0.3, 0.4) is 0 Å². The molecule has 1 aromatic carbocycles. The van der Waals surface area contributed by atoms with Crippen molar-refractivity contribution in [2.45, 2.75) is 45.3 Å². The zero-order chi connectivity index (χ0) is 19.6. The van der Waals surface area contributed by atoms with Gasteiger partial charge in [-0.05, 0) is 32.9 Å². The van der Waals surface area contributed by atoms with Gasteiger partial charge in [0.15, 0.2) is 0 Å². The number of hydrogen-bond acceptors (Lipinski definition) is 6.